The van der Waals surface area contributed by atoms with Crippen LogP contribution in [-0.4, -0.2) is 17.4 Å². The van der Waals surface area contributed by atoms with Crippen LogP contribution in [0.5, 0.6) is 0 Å². The molecule has 0 spiro atoms. The number of benzene rings is 1. The third kappa shape index (κ3) is 4.47. The minimum absolute atomic E-state index is 0.150. The summed E-state index contributed by atoms with van der Waals surface area (Å²) in [6.07, 6.45) is 7.29. The van der Waals surface area contributed by atoms with E-state index in [0.29, 0.717) is 12.5 Å². The third-order valence-electron chi connectivity index (χ3n) is 5.06. The molecule has 25 heavy (non-hydrogen) atoms. The Balaban J connectivity index is 1.51. The number of thiazole rings is 1. The fraction of sp³-hybridized carbons (Fsp3) is 0.500. The van der Waals surface area contributed by atoms with Crippen LogP contribution in [0.4, 0.5) is 0 Å². The van der Waals surface area contributed by atoms with Gasteiger partial charge in [-0.05, 0) is 25.3 Å². The molecule has 2 aromatic rings. The largest absolute Gasteiger partial charge is 0.354 e. The summed E-state index contributed by atoms with van der Waals surface area (Å²) in [4.78, 5) is 17.2. The van der Waals surface area contributed by atoms with E-state index in [0.717, 1.165) is 17.0 Å². The van der Waals surface area contributed by atoms with Crippen molar-refractivity contribution in [2.24, 2.45) is 5.73 Å². The summed E-state index contributed by atoms with van der Waals surface area (Å²) < 4.78 is 0. The number of amides is 1. The predicted octanol–water partition coefficient (Wildman–Crippen LogP) is 3.72. The van der Waals surface area contributed by atoms with E-state index in [9.17, 15) is 4.79 Å². The van der Waals surface area contributed by atoms with Gasteiger partial charge >= 0.3 is 0 Å². The third-order valence-corrected chi connectivity index (χ3v) is 5.99. The monoisotopic (exact) mass is 357 g/mol. The van der Waals surface area contributed by atoms with Crippen LogP contribution in [0.15, 0.2) is 35.7 Å². The number of nitrogens with zero attached hydrogens (tertiary/aromatic N) is 1. The maximum absolute atomic E-state index is 12.5. The molecule has 0 aliphatic heterocycles. The molecule has 0 bridgehead atoms. The molecule has 3 rings (SSSR count). The molecule has 1 atom stereocenters. The maximum Gasteiger partial charge on any atom is 0.244 e. The standard InChI is InChI=1S/C20H27N3OS/c1-20(21,16-10-6-3-7-11-16)19(24)22-13-12-18-23-17(14-25-18)15-8-4-2-5-9-15/h3,6-7,10-11,14-15H,2,4-5,8-9,12-13,21H2,1H3,(H,22,24). The Morgan fingerprint density at radius 1 is 1.28 bits per heavy atom. The van der Waals surface area contributed by atoms with Gasteiger partial charge in [0.15, 0.2) is 0 Å². The number of rotatable bonds is 6. The van der Waals surface area contributed by atoms with Crippen LogP contribution in [0.2, 0.25) is 0 Å². The summed E-state index contributed by atoms with van der Waals surface area (Å²) in [6.45, 7) is 2.32. The first-order chi connectivity index (χ1) is 12.1. The molecule has 4 nitrogen and oxygen atoms in total. The first-order valence-electron chi connectivity index (χ1n) is 9.14. The predicted molar refractivity (Wildman–Crippen MR) is 103 cm³/mol. The highest BCUT2D eigenvalue weighted by molar-refractivity contribution is 7.09. The van der Waals surface area contributed by atoms with E-state index in [2.05, 4.69) is 10.7 Å². The molecule has 1 unspecified atom stereocenters. The van der Waals surface area contributed by atoms with Gasteiger partial charge in [0.2, 0.25) is 5.91 Å². The fourth-order valence-electron chi connectivity index (χ4n) is 3.41. The molecule has 1 aliphatic carbocycles. The Hall–Kier alpha value is -1.72. The molecule has 3 N–H and O–H groups in total. The summed E-state index contributed by atoms with van der Waals surface area (Å²) in [5.74, 6) is 0.488. The highest BCUT2D eigenvalue weighted by Gasteiger charge is 2.29. The summed E-state index contributed by atoms with van der Waals surface area (Å²) in [5, 5.41) is 6.26. The molecular weight excluding hydrogens is 330 g/mol. The summed E-state index contributed by atoms with van der Waals surface area (Å²) in [6, 6.07) is 9.49. The highest BCUT2D eigenvalue weighted by Crippen LogP contribution is 2.33. The van der Waals surface area contributed by atoms with Crippen LogP contribution >= 0.6 is 11.3 Å². The molecule has 1 fully saturated rings. The zero-order valence-corrected chi connectivity index (χ0v) is 15.6. The molecule has 1 aromatic carbocycles. The van der Waals surface area contributed by atoms with Gasteiger partial charge in [0, 0.05) is 24.3 Å². The van der Waals surface area contributed by atoms with Crippen molar-refractivity contribution in [1.82, 2.24) is 10.3 Å². The zero-order valence-electron chi connectivity index (χ0n) is 14.8. The van der Waals surface area contributed by atoms with Crippen molar-refractivity contribution in [2.75, 3.05) is 6.54 Å². The maximum atomic E-state index is 12.5. The molecule has 134 valence electrons. The average Bonchev–Trinajstić information content (AvgIpc) is 3.12. The van der Waals surface area contributed by atoms with Crippen molar-refractivity contribution in [2.45, 2.75) is 56.9 Å². The minimum atomic E-state index is -1.02. The smallest absolute Gasteiger partial charge is 0.244 e. The zero-order chi connectivity index (χ0) is 17.7. The minimum Gasteiger partial charge on any atom is -0.354 e. The lowest BCUT2D eigenvalue weighted by atomic mass is 9.87. The van der Waals surface area contributed by atoms with E-state index in [1.165, 1.54) is 37.8 Å². The second-order valence-corrected chi connectivity index (χ2v) is 8.02. The van der Waals surface area contributed by atoms with Crippen LogP contribution in [0.25, 0.3) is 0 Å². The fourth-order valence-corrected chi connectivity index (χ4v) is 4.29. The van der Waals surface area contributed by atoms with Crippen molar-refractivity contribution in [1.29, 1.82) is 0 Å². The number of hydrogen-bond acceptors (Lipinski definition) is 4. The lowest BCUT2D eigenvalue weighted by Crippen LogP contribution is -2.49. The van der Waals surface area contributed by atoms with Crippen molar-refractivity contribution >= 4 is 17.2 Å². The Kier molecular flexibility index (Phi) is 5.86. The second kappa shape index (κ2) is 8.11. The van der Waals surface area contributed by atoms with Gasteiger partial charge in [-0.25, -0.2) is 4.98 Å². The first-order valence-corrected chi connectivity index (χ1v) is 10.0. The van der Waals surface area contributed by atoms with Crippen molar-refractivity contribution in [3.8, 4) is 0 Å². The van der Waals surface area contributed by atoms with Crippen LogP contribution in [-0.2, 0) is 16.8 Å². The number of carbonyl (C=O) groups excluding carboxylic acids is 1. The van der Waals surface area contributed by atoms with Gasteiger partial charge in [-0.15, -0.1) is 11.3 Å². The van der Waals surface area contributed by atoms with Gasteiger partial charge in [-0.2, -0.15) is 0 Å². The lowest BCUT2D eigenvalue weighted by molar-refractivity contribution is -0.126. The van der Waals surface area contributed by atoms with E-state index in [1.807, 2.05) is 30.3 Å². The van der Waals surface area contributed by atoms with E-state index in [1.54, 1.807) is 18.3 Å². The van der Waals surface area contributed by atoms with Gasteiger partial charge in [0.25, 0.3) is 0 Å². The number of nitrogens with two attached hydrogens (primary N) is 1. The Morgan fingerprint density at radius 3 is 2.72 bits per heavy atom. The van der Waals surface area contributed by atoms with Crippen LogP contribution in [0.1, 0.15) is 61.2 Å². The number of carbonyl (C=O) groups is 1. The van der Waals surface area contributed by atoms with E-state index in [-0.39, 0.29) is 5.91 Å². The summed E-state index contributed by atoms with van der Waals surface area (Å²) >= 11 is 1.71. The van der Waals surface area contributed by atoms with E-state index in [4.69, 9.17) is 10.7 Å². The molecule has 0 saturated heterocycles. The Labute approximate surface area is 153 Å². The SMILES string of the molecule is CC(N)(C(=O)NCCc1nc(C2CCCCC2)cs1)c1ccccc1. The Bertz CT molecular complexity index is 690. The van der Waals surface area contributed by atoms with E-state index < -0.39 is 5.54 Å². The van der Waals surface area contributed by atoms with Crippen molar-refractivity contribution in [3.05, 3.63) is 52.0 Å². The van der Waals surface area contributed by atoms with Gasteiger partial charge in [0.1, 0.15) is 5.54 Å². The van der Waals surface area contributed by atoms with Crippen molar-refractivity contribution < 1.29 is 4.79 Å². The average molecular weight is 358 g/mol. The van der Waals surface area contributed by atoms with Crippen LogP contribution in [0.3, 0.4) is 0 Å². The molecule has 1 amide bonds. The molecule has 1 heterocycles. The van der Waals surface area contributed by atoms with Gasteiger partial charge in [-0.1, -0.05) is 49.6 Å². The number of aromatic nitrogens is 1. The van der Waals surface area contributed by atoms with Gasteiger partial charge in [-0.3, -0.25) is 4.79 Å². The molecular formula is C20H27N3OS. The lowest BCUT2D eigenvalue weighted by Gasteiger charge is -2.24. The Morgan fingerprint density at radius 2 is 2.00 bits per heavy atom. The molecule has 1 saturated carbocycles. The topological polar surface area (TPSA) is 68.0 Å². The molecule has 1 aliphatic rings. The molecule has 5 heteroatoms. The number of nitrogens with one attached hydrogen (secondary N) is 1. The second-order valence-electron chi connectivity index (χ2n) is 7.08. The van der Waals surface area contributed by atoms with Crippen LogP contribution < -0.4 is 11.1 Å². The molecule has 0 radical (unpaired) electrons. The number of hydrogen-bond donors (Lipinski definition) is 2. The quantitative estimate of drug-likeness (QED) is 0.828. The van der Waals surface area contributed by atoms with E-state index >= 15 is 0 Å². The normalized spacial score (nSPS) is 17.8. The van der Waals surface area contributed by atoms with Crippen LogP contribution in [0, 0.1) is 0 Å². The first kappa shape index (κ1) is 18.1. The highest BCUT2D eigenvalue weighted by atomic mass is 32.1. The van der Waals surface area contributed by atoms with Gasteiger partial charge in [0.05, 0.1) is 10.7 Å². The van der Waals surface area contributed by atoms with Gasteiger partial charge < -0.3 is 11.1 Å². The summed E-state index contributed by atoms with van der Waals surface area (Å²) in [7, 11) is 0. The summed E-state index contributed by atoms with van der Waals surface area (Å²) in [5.41, 5.74) is 7.29. The van der Waals surface area contributed by atoms with Crippen molar-refractivity contribution in [3.63, 3.8) is 0 Å². The molecule has 1 aromatic heterocycles.